The van der Waals surface area contributed by atoms with E-state index in [0.717, 1.165) is 0 Å². The van der Waals surface area contributed by atoms with Crippen LogP contribution in [-0.4, -0.2) is 137 Å². The van der Waals surface area contributed by atoms with Gasteiger partial charge in [0.15, 0.2) is 0 Å². The molecule has 0 aromatic heterocycles. The van der Waals surface area contributed by atoms with E-state index in [1.165, 1.54) is 13.8 Å². The maximum absolute atomic E-state index is 11.9. The maximum atomic E-state index is 11.9. The predicted octanol–water partition coefficient (Wildman–Crippen LogP) is 1.16. The zero-order chi connectivity index (χ0) is 41.7. The van der Waals surface area contributed by atoms with Crippen LogP contribution >= 0.6 is 54.8 Å². The van der Waals surface area contributed by atoms with Gasteiger partial charge in [-0.25, -0.2) is 32.0 Å². The molecule has 0 amide bonds. The van der Waals surface area contributed by atoms with Crippen LogP contribution in [0.25, 0.3) is 0 Å². The Hall–Kier alpha value is 0.730. The third-order valence-corrected chi connectivity index (χ3v) is 11.4. The highest BCUT2D eigenvalue weighted by Crippen LogP contribution is 2.49. The third kappa shape index (κ3) is 32.7. The van der Waals surface area contributed by atoms with Crippen molar-refractivity contribution in [3.8, 4) is 0 Å². The fraction of sp³-hybridized carbons (Fsp3) is 1.00. The molecule has 0 bridgehead atoms. The summed E-state index contributed by atoms with van der Waals surface area (Å²) in [7, 11) is -33.4. The first-order valence-electron chi connectivity index (χ1n) is 14.6. The van der Waals surface area contributed by atoms with Crippen molar-refractivity contribution in [3.05, 3.63) is 0 Å². The summed E-state index contributed by atoms with van der Waals surface area (Å²) >= 11 is 0. The van der Waals surface area contributed by atoms with Gasteiger partial charge in [-0.15, -0.1) is 0 Å². The number of aliphatic hydroxyl groups excluding tert-OH is 1. The van der Waals surface area contributed by atoms with Gasteiger partial charge >= 0.3 is 54.8 Å². The highest BCUT2D eigenvalue weighted by Gasteiger charge is 2.29. The zero-order valence-corrected chi connectivity index (χ0v) is 34.6. The Morgan fingerprint density at radius 3 is 0.722 bits per heavy atom. The van der Waals surface area contributed by atoms with Crippen LogP contribution in [-0.2, 0) is 90.8 Å². The highest BCUT2D eigenvalue weighted by molar-refractivity contribution is 7.49. The molecule has 8 unspecified atom stereocenters. The molecule has 0 aromatic carbocycles. The van der Waals surface area contributed by atoms with Crippen LogP contribution in [0.4, 0.5) is 0 Å². The summed E-state index contributed by atoms with van der Waals surface area (Å²) in [5.74, 6) is -1.21. The summed E-state index contributed by atoms with van der Waals surface area (Å²) in [5, 5.41) is 8.86. The first-order chi connectivity index (χ1) is 24.6. The second kappa shape index (κ2) is 26.0. The average molecular weight is 942 g/mol. The molecule has 9 N–H and O–H groups in total. The smallest absolute Gasteiger partial charge is 0.396 e. The van der Waals surface area contributed by atoms with Crippen LogP contribution < -0.4 is 0 Å². The molecule has 0 fully saturated rings. The molecule has 0 aliphatic heterocycles. The van der Waals surface area contributed by atoms with E-state index >= 15 is 0 Å². The number of hydrogen-bond acceptors (Lipinski definition) is 21. The fourth-order valence-electron chi connectivity index (χ4n) is 2.52. The molecule has 36 heteroatoms. The van der Waals surface area contributed by atoms with Gasteiger partial charge in [-0.05, 0) is 0 Å². The lowest BCUT2D eigenvalue weighted by Crippen LogP contribution is -2.13. The third-order valence-electron chi connectivity index (χ3n) is 4.84. The molecule has 0 aromatic rings. The van der Waals surface area contributed by atoms with E-state index in [1.54, 1.807) is 0 Å². The van der Waals surface area contributed by atoms with E-state index in [2.05, 4.69) is 58.8 Å². The standard InChI is InChI=1S/C18H45O29P7/c1-17(13-19)14-46-53(31,32)43-11-9-41-51(27,28)39-7-5-37-49(23,24)35-3-4-36-50(25,26)38-6-8-40-52(29,30)42-10-12-44-54(33,34)47-16-18(2)15-45-48(20,21)22/h17-19H,3-16H2,1-2H3,(H,23,24)(H,25,26)(H,27,28)(H,29,30)(H,31,32)(H,33,34)(H2,20,21,22). The minimum atomic E-state index is -4.87. The molecular formula is C18H45O29P7. The van der Waals surface area contributed by atoms with Gasteiger partial charge in [0.2, 0.25) is 0 Å². The molecule has 0 aliphatic rings. The van der Waals surface area contributed by atoms with Gasteiger partial charge in [0, 0.05) is 18.4 Å². The van der Waals surface area contributed by atoms with Gasteiger partial charge in [-0.2, -0.15) is 0 Å². The predicted molar refractivity (Wildman–Crippen MR) is 174 cm³/mol. The summed E-state index contributed by atoms with van der Waals surface area (Å²) < 4.78 is 140. The summed E-state index contributed by atoms with van der Waals surface area (Å²) in [6.07, 6.45) is 0. The lowest BCUT2D eigenvalue weighted by atomic mass is 10.2. The minimum Gasteiger partial charge on any atom is -0.396 e. The van der Waals surface area contributed by atoms with Gasteiger partial charge in [-0.3, -0.25) is 58.8 Å². The fourth-order valence-corrected chi connectivity index (χ4v) is 7.35. The molecule has 0 rings (SSSR count). The molecule has 326 valence electrons. The lowest BCUT2D eigenvalue weighted by Gasteiger charge is -2.17. The van der Waals surface area contributed by atoms with Gasteiger partial charge in [0.05, 0.1) is 85.9 Å². The van der Waals surface area contributed by atoms with Gasteiger partial charge in [-0.1, -0.05) is 13.8 Å². The molecular weight excluding hydrogens is 897 g/mol. The van der Waals surface area contributed by atoms with Gasteiger partial charge in [0.25, 0.3) is 0 Å². The van der Waals surface area contributed by atoms with Crippen molar-refractivity contribution in [2.45, 2.75) is 13.8 Å². The van der Waals surface area contributed by atoms with Crippen molar-refractivity contribution < 1.29 is 135 Å². The summed E-state index contributed by atoms with van der Waals surface area (Å²) in [5.41, 5.74) is 0. The maximum Gasteiger partial charge on any atom is 0.472 e. The van der Waals surface area contributed by atoms with Crippen LogP contribution in [0.15, 0.2) is 0 Å². The number of phosphoric ester groups is 7. The summed E-state index contributed by atoms with van der Waals surface area (Å²) in [4.78, 5) is 74.6. The van der Waals surface area contributed by atoms with E-state index in [9.17, 15) is 61.3 Å². The monoisotopic (exact) mass is 942 g/mol. The van der Waals surface area contributed by atoms with Crippen molar-refractivity contribution in [2.75, 3.05) is 92.5 Å². The topological polar surface area (TPSA) is 422 Å². The Labute approximate surface area is 307 Å². The van der Waals surface area contributed by atoms with Crippen LogP contribution in [0.2, 0.25) is 0 Å². The molecule has 29 nitrogen and oxygen atoms in total. The second-order valence-electron chi connectivity index (χ2n) is 9.91. The van der Waals surface area contributed by atoms with E-state index < -0.39 is 146 Å². The van der Waals surface area contributed by atoms with E-state index in [4.69, 9.17) is 14.9 Å². The van der Waals surface area contributed by atoms with Gasteiger partial charge in [0.1, 0.15) is 0 Å². The Kier molecular flexibility index (Phi) is 26.4. The highest BCUT2D eigenvalue weighted by atomic mass is 31.2. The zero-order valence-electron chi connectivity index (χ0n) is 28.4. The Balaban J connectivity index is 4.19. The second-order valence-corrected chi connectivity index (χ2v) is 19.9. The number of rotatable bonds is 35. The first-order valence-corrected chi connectivity index (χ1v) is 25.1. The molecule has 0 aliphatic carbocycles. The molecule has 0 saturated heterocycles. The van der Waals surface area contributed by atoms with E-state index in [1.807, 2.05) is 0 Å². The first kappa shape index (κ1) is 54.7. The molecule has 8 atom stereocenters. The Morgan fingerprint density at radius 2 is 0.519 bits per heavy atom. The molecule has 0 saturated carbocycles. The van der Waals surface area contributed by atoms with E-state index in [-0.39, 0.29) is 13.2 Å². The quantitative estimate of drug-likeness (QED) is 0.0318. The van der Waals surface area contributed by atoms with Crippen LogP contribution in [0.3, 0.4) is 0 Å². The Bertz CT molecular complexity index is 1400. The van der Waals surface area contributed by atoms with Crippen LogP contribution in [0, 0.1) is 11.8 Å². The average Bonchev–Trinajstić information content (AvgIpc) is 3.04. The van der Waals surface area contributed by atoms with E-state index in [0.29, 0.717) is 0 Å². The lowest BCUT2D eigenvalue weighted by molar-refractivity contribution is 0.0720. The van der Waals surface area contributed by atoms with Crippen molar-refractivity contribution in [1.29, 1.82) is 0 Å². The largest absolute Gasteiger partial charge is 0.472 e. The molecule has 54 heavy (non-hydrogen) atoms. The SMILES string of the molecule is CC(CO)COP(=O)(O)OCCOP(=O)(O)OCCOP(=O)(O)OCCOP(=O)(O)OCCOP(=O)(O)OCCOP(=O)(O)OCC(C)COP(=O)(O)O. The van der Waals surface area contributed by atoms with Crippen molar-refractivity contribution in [2.24, 2.45) is 11.8 Å². The molecule has 0 radical (unpaired) electrons. The van der Waals surface area contributed by atoms with Crippen LogP contribution in [0.1, 0.15) is 13.8 Å². The normalized spacial score (nSPS) is 20.4. The van der Waals surface area contributed by atoms with Gasteiger partial charge < -0.3 is 44.3 Å². The minimum absolute atomic E-state index is 0.308. The molecule has 0 spiro atoms. The summed E-state index contributed by atoms with van der Waals surface area (Å²) in [6.45, 7) is -6.69. The summed E-state index contributed by atoms with van der Waals surface area (Å²) in [6, 6.07) is 0. The van der Waals surface area contributed by atoms with Crippen molar-refractivity contribution in [3.63, 3.8) is 0 Å². The van der Waals surface area contributed by atoms with Crippen molar-refractivity contribution >= 4 is 54.8 Å². The number of hydrogen-bond donors (Lipinski definition) is 9. The molecule has 0 heterocycles. The van der Waals surface area contributed by atoms with Crippen LogP contribution in [0.5, 0.6) is 0 Å². The Morgan fingerprint density at radius 1 is 0.333 bits per heavy atom. The number of phosphoric acid groups is 7. The van der Waals surface area contributed by atoms with Crippen molar-refractivity contribution in [1.82, 2.24) is 0 Å². The number of aliphatic hydroxyl groups is 1.